The summed E-state index contributed by atoms with van der Waals surface area (Å²) >= 11 is 0. The summed E-state index contributed by atoms with van der Waals surface area (Å²) in [5.74, 6) is 0.112. The van der Waals surface area contributed by atoms with Crippen molar-refractivity contribution in [1.82, 2.24) is 0 Å². The van der Waals surface area contributed by atoms with Gasteiger partial charge in [-0.05, 0) is 35.7 Å². The van der Waals surface area contributed by atoms with E-state index in [0.29, 0.717) is 16.7 Å². The smallest absolute Gasteiger partial charge is 0.201 e. The molecule has 3 nitrogen and oxygen atoms in total. The van der Waals surface area contributed by atoms with Crippen molar-refractivity contribution < 1.29 is 13.5 Å². The van der Waals surface area contributed by atoms with Crippen LogP contribution >= 0.6 is 0 Å². The predicted molar refractivity (Wildman–Crippen MR) is 84.0 cm³/mol. The maximum Gasteiger partial charge on any atom is 0.201 e. The number of hydrogen-bond donors (Lipinski definition) is 0. The van der Waals surface area contributed by atoms with E-state index in [-0.39, 0.29) is 16.4 Å². The zero-order chi connectivity index (χ0) is 15.3. The highest BCUT2D eigenvalue weighted by molar-refractivity contribution is 6.08. The van der Waals surface area contributed by atoms with Gasteiger partial charge in [0.1, 0.15) is 11.3 Å². The molecule has 0 saturated carbocycles. The van der Waals surface area contributed by atoms with Gasteiger partial charge in [0.25, 0.3) is 0 Å². The Morgan fingerprint density at radius 3 is 2.68 bits per heavy atom. The molecular weight excluding hydrogens is 283 g/mol. The van der Waals surface area contributed by atoms with Gasteiger partial charge in [-0.15, -0.1) is 0 Å². The predicted octanol–water partition coefficient (Wildman–Crippen LogP) is 4.25. The second-order valence-corrected chi connectivity index (χ2v) is 5.07. The summed E-state index contributed by atoms with van der Waals surface area (Å²) in [6, 6.07) is 13.4. The molecule has 0 aliphatic heterocycles. The molecule has 4 heteroatoms. The fraction of sp³-hybridized carbons (Fsp3) is 0.0556. The minimum atomic E-state index is -0.540. The van der Waals surface area contributed by atoms with E-state index in [0.717, 1.165) is 10.8 Å². The van der Waals surface area contributed by atoms with Crippen molar-refractivity contribution >= 4 is 32.7 Å². The second-order valence-electron chi connectivity index (χ2n) is 5.07. The average Bonchev–Trinajstić information content (AvgIpc) is 2.55. The van der Waals surface area contributed by atoms with Crippen molar-refractivity contribution in [3.63, 3.8) is 0 Å². The number of rotatable bonds is 1. The Hall–Kier alpha value is -2.88. The van der Waals surface area contributed by atoms with Gasteiger partial charge < -0.3 is 9.15 Å². The lowest BCUT2D eigenvalue weighted by atomic mass is 10.0. The summed E-state index contributed by atoms with van der Waals surface area (Å²) in [5, 5.41) is 2.31. The van der Waals surface area contributed by atoms with Crippen molar-refractivity contribution in [1.29, 1.82) is 0 Å². The van der Waals surface area contributed by atoms with E-state index in [1.807, 2.05) is 18.2 Å². The topological polar surface area (TPSA) is 39.4 Å². The van der Waals surface area contributed by atoms with Crippen molar-refractivity contribution in [3.05, 3.63) is 64.6 Å². The lowest BCUT2D eigenvalue weighted by Crippen LogP contribution is -2.03. The Kier molecular flexibility index (Phi) is 2.66. The van der Waals surface area contributed by atoms with E-state index < -0.39 is 5.82 Å². The monoisotopic (exact) mass is 294 g/mol. The van der Waals surface area contributed by atoms with Gasteiger partial charge in [0.05, 0.1) is 17.9 Å². The van der Waals surface area contributed by atoms with Gasteiger partial charge in [0.2, 0.25) is 5.43 Å². The van der Waals surface area contributed by atoms with Gasteiger partial charge in [-0.2, -0.15) is 0 Å². The maximum absolute atomic E-state index is 13.9. The fourth-order valence-corrected chi connectivity index (χ4v) is 2.76. The molecule has 0 fully saturated rings. The van der Waals surface area contributed by atoms with Crippen LogP contribution in [-0.4, -0.2) is 7.11 Å². The first kappa shape index (κ1) is 12.8. The van der Waals surface area contributed by atoms with Gasteiger partial charge in [0.15, 0.2) is 11.4 Å². The van der Waals surface area contributed by atoms with Crippen LogP contribution < -0.4 is 10.2 Å². The lowest BCUT2D eigenvalue weighted by molar-refractivity contribution is 0.415. The summed E-state index contributed by atoms with van der Waals surface area (Å²) in [6.07, 6.45) is 0. The summed E-state index contributed by atoms with van der Waals surface area (Å²) in [5.41, 5.74) is 0.111. The first-order chi connectivity index (χ1) is 10.7. The van der Waals surface area contributed by atoms with Gasteiger partial charge in [-0.1, -0.05) is 18.2 Å². The van der Waals surface area contributed by atoms with E-state index in [2.05, 4.69) is 0 Å². The van der Waals surface area contributed by atoms with E-state index in [4.69, 9.17) is 9.15 Å². The zero-order valence-corrected chi connectivity index (χ0v) is 11.7. The van der Waals surface area contributed by atoms with Gasteiger partial charge in [0, 0.05) is 5.39 Å². The van der Waals surface area contributed by atoms with Gasteiger partial charge in [-0.3, -0.25) is 4.79 Å². The van der Waals surface area contributed by atoms with E-state index >= 15 is 0 Å². The highest BCUT2D eigenvalue weighted by Gasteiger charge is 2.13. The van der Waals surface area contributed by atoms with Crippen LogP contribution in [0.4, 0.5) is 4.39 Å². The summed E-state index contributed by atoms with van der Waals surface area (Å²) in [6.45, 7) is 0. The molecule has 0 aliphatic rings. The number of para-hydroxylation sites is 1. The largest absolute Gasteiger partial charge is 0.497 e. The highest BCUT2D eigenvalue weighted by atomic mass is 19.1. The number of ether oxygens (including phenoxy) is 1. The fourth-order valence-electron chi connectivity index (χ4n) is 2.76. The molecule has 22 heavy (non-hydrogen) atoms. The van der Waals surface area contributed by atoms with Crippen LogP contribution in [0.5, 0.6) is 5.75 Å². The Labute approximate surface area is 124 Å². The average molecular weight is 294 g/mol. The van der Waals surface area contributed by atoms with Gasteiger partial charge >= 0.3 is 0 Å². The molecule has 0 saturated heterocycles. The molecule has 3 aromatic carbocycles. The summed E-state index contributed by atoms with van der Waals surface area (Å²) in [7, 11) is 1.57. The van der Waals surface area contributed by atoms with Crippen LogP contribution in [0.25, 0.3) is 32.7 Å². The molecule has 0 aliphatic carbocycles. The third-order valence-electron chi connectivity index (χ3n) is 3.84. The van der Waals surface area contributed by atoms with E-state index in [9.17, 15) is 9.18 Å². The molecule has 0 atom stereocenters. The van der Waals surface area contributed by atoms with Crippen LogP contribution in [0.15, 0.2) is 57.7 Å². The van der Waals surface area contributed by atoms with Crippen molar-refractivity contribution in [2.24, 2.45) is 0 Å². The Balaban J connectivity index is 2.28. The van der Waals surface area contributed by atoms with Crippen LogP contribution in [0.2, 0.25) is 0 Å². The molecule has 0 radical (unpaired) electrons. The van der Waals surface area contributed by atoms with Crippen LogP contribution in [0, 0.1) is 5.82 Å². The molecule has 4 aromatic rings. The molecule has 1 aromatic heterocycles. The van der Waals surface area contributed by atoms with Crippen LogP contribution in [0.3, 0.4) is 0 Å². The Morgan fingerprint density at radius 2 is 1.86 bits per heavy atom. The third-order valence-corrected chi connectivity index (χ3v) is 3.84. The highest BCUT2D eigenvalue weighted by Crippen LogP contribution is 2.29. The third kappa shape index (κ3) is 1.70. The number of benzene rings is 3. The second kappa shape index (κ2) is 4.56. The minimum Gasteiger partial charge on any atom is -0.497 e. The molecule has 0 amide bonds. The quantitative estimate of drug-likeness (QED) is 0.389. The van der Waals surface area contributed by atoms with E-state index in [1.165, 1.54) is 12.1 Å². The molecule has 0 N–H and O–H groups in total. The molecule has 0 unspecified atom stereocenters. The molecular formula is C18H11FO3. The number of hydrogen-bond acceptors (Lipinski definition) is 3. The normalized spacial score (nSPS) is 11.4. The summed E-state index contributed by atoms with van der Waals surface area (Å²) in [4.78, 5) is 12.8. The number of halogens is 1. The molecule has 0 spiro atoms. The Morgan fingerprint density at radius 1 is 1.05 bits per heavy atom. The van der Waals surface area contributed by atoms with Crippen LogP contribution in [0.1, 0.15) is 0 Å². The standard InChI is InChI=1S/C18H11FO3/c1-21-11-7-5-10-6-8-15-16(13(10)9-11)17(20)12-3-2-4-14(19)18(12)22-15/h2-9H,1H3. The maximum atomic E-state index is 13.9. The van der Waals surface area contributed by atoms with Crippen molar-refractivity contribution in [2.75, 3.05) is 7.11 Å². The van der Waals surface area contributed by atoms with Crippen LogP contribution in [-0.2, 0) is 0 Å². The lowest BCUT2D eigenvalue weighted by Gasteiger charge is -2.07. The minimum absolute atomic E-state index is 0.0118. The number of fused-ring (bicyclic) bond motifs is 4. The number of methoxy groups -OCH3 is 1. The zero-order valence-electron chi connectivity index (χ0n) is 11.7. The molecule has 0 bridgehead atoms. The summed E-state index contributed by atoms with van der Waals surface area (Å²) < 4.78 is 24.7. The van der Waals surface area contributed by atoms with Crippen molar-refractivity contribution in [2.45, 2.75) is 0 Å². The van der Waals surface area contributed by atoms with E-state index in [1.54, 1.807) is 25.3 Å². The first-order valence-corrected chi connectivity index (χ1v) is 6.81. The van der Waals surface area contributed by atoms with Crippen molar-refractivity contribution in [3.8, 4) is 5.75 Å². The molecule has 1 heterocycles. The molecule has 4 rings (SSSR count). The first-order valence-electron chi connectivity index (χ1n) is 6.81. The Bertz CT molecular complexity index is 1100. The SMILES string of the molecule is COc1ccc2ccc3oc4c(F)cccc4c(=O)c3c2c1. The molecule has 108 valence electrons. The van der Waals surface area contributed by atoms with Gasteiger partial charge in [-0.25, -0.2) is 4.39 Å².